The van der Waals surface area contributed by atoms with Crippen LogP contribution in [0.15, 0.2) is 30.4 Å². The summed E-state index contributed by atoms with van der Waals surface area (Å²) in [5, 5.41) is 13.6. The summed E-state index contributed by atoms with van der Waals surface area (Å²) in [6.45, 7) is 0.110. The molecular formula is C14H15Cl2NO2. The van der Waals surface area contributed by atoms with Crippen LogP contribution in [0.4, 0.5) is 0 Å². The summed E-state index contributed by atoms with van der Waals surface area (Å²) in [5.41, 5.74) is 0.454. The Hall–Kier alpha value is -1.03. The van der Waals surface area contributed by atoms with Crippen LogP contribution in [0.1, 0.15) is 24.5 Å². The Labute approximate surface area is 122 Å². The fraction of sp³-hybridized carbons (Fsp3) is 0.357. The highest BCUT2D eigenvalue weighted by Gasteiger charge is 2.21. The molecule has 0 aliphatic heterocycles. The molecule has 1 amide bonds. The monoisotopic (exact) mass is 299 g/mol. The average Bonchev–Trinajstić information content (AvgIpc) is 2.89. The van der Waals surface area contributed by atoms with E-state index in [-0.39, 0.29) is 18.4 Å². The van der Waals surface area contributed by atoms with Gasteiger partial charge in [-0.05, 0) is 25.0 Å². The molecule has 3 nitrogen and oxygen atoms in total. The Morgan fingerprint density at radius 3 is 2.47 bits per heavy atom. The summed E-state index contributed by atoms with van der Waals surface area (Å²) in [7, 11) is 0. The first-order valence-corrected chi connectivity index (χ1v) is 6.90. The zero-order chi connectivity index (χ0) is 13.8. The molecule has 0 bridgehead atoms. The highest BCUT2D eigenvalue weighted by Crippen LogP contribution is 2.30. The number of carbonyl (C=O) groups is 1. The van der Waals surface area contributed by atoms with Crippen molar-refractivity contribution >= 4 is 29.1 Å². The van der Waals surface area contributed by atoms with Crippen LogP contribution in [0.2, 0.25) is 10.0 Å². The van der Waals surface area contributed by atoms with Gasteiger partial charge in [-0.15, -0.1) is 0 Å². The largest absolute Gasteiger partial charge is 0.386 e. The van der Waals surface area contributed by atoms with Crippen molar-refractivity contribution in [2.75, 3.05) is 6.54 Å². The Balaban J connectivity index is 1.94. The van der Waals surface area contributed by atoms with Crippen LogP contribution in [-0.2, 0) is 4.79 Å². The van der Waals surface area contributed by atoms with Gasteiger partial charge in [0.1, 0.15) is 0 Å². The standard InChI is InChI=1S/C14H15Cl2NO2/c15-10-6-3-7-11(16)13(10)12(18)8-17-14(19)9-4-1-2-5-9/h1-3,6-7,9,12,18H,4-5,8H2,(H,17,19). The van der Waals surface area contributed by atoms with E-state index >= 15 is 0 Å². The smallest absolute Gasteiger partial charge is 0.223 e. The van der Waals surface area contributed by atoms with Gasteiger partial charge in [0.25, 0.3) is 0 Å². The van der Waals surface area contributed by atoms with Crippen LogP contribution in [0.3, 0.4) is 0 Å². The summed E-state index contributed by atoms with van der Waals surface area (Å²) >= 11 is 12.0. The van der Waals surface area contributed by atoms with Gasteiger partial charge in [-0.3, -0.25) is 4.79 Å². The molecule has 102 valence electrons. The Morgan fingerprint density at radius 2 is 1.89 bits per heavy atom. The van der Waals surface area contributed by atoms with Crippen molar-refractivity contribution in [3.8, 4) is 0 Å². The van der Waals surface area contributed by atoms with Crippen LogP contribution < -0.4 is 5.32 Å². The Kier molecular flexibility index (Phi) is 4.86. The summed E-state index contributed by atoms with van der Waals surface area (Å²) in [4.78, 5) is 11.8. The lowest BCUT2D eigenvalue weighted by Crippen LogP contribution is -2.33. The van der Waals surface area contributed by atoms with E-state index < -0.39 is 6.10 Å². The number of aliphatic hydroxyl groups is 1. The van der Waals surface area contributed by atoms with Gasteiger partial charge in [0.15, 0.2) is 0 Å². The van der Waals surface area contributed by atoms with Gasteiger partial charge in [0.05, 0.1) is 6.10 Å². The number of benzene rings is 1. The van der Waals surface area contributed by atoms with Crippen LogP contribution in [0.25, 0.3) is 0 Å². The van der Waals surface area contributed by atoms with Crippen molar-refractivity contribution in [3.05, 3.63) is 46.0 Å². The first-order valence-electron chi connectivity index (χ1n) is 6.14. The number of nitrogens with one attached hydrogen (secondary N) is 1. The second kappa shape index (κ2) is 6.42. The van der Waals surface area contributed by atoms with Gasteiger partial charge < -0.3 is 10.4 Å². The lowest BCUT2D eigenvalue weighted by Gasteiger charge is -2.17. The van der Waals surface area contributed by atoms with E-state index in [1.165, 1.54) is 0 Å². The first-order chi connectivity index (χ1) is 9.09. The van der Waals surface area contributed by atoms with Crippen molar-refractivity contribution in [2.45, 2.75) is 18.9 Å². The molecule has 1 aliphatic carbocycles. The minimum atomic E-state index is -0.903. The fourth-order valence-corrected chi connectivity index (χ4v) is 2.75. The van der Waals surface area contributed by atoms with Crippen molar-refractivity contribution in [1.29, 1.82) is 0 Å². The number of rotatable bonds is 4. The summed E-state index contributed by atoms with van der Waals surface area (Å²) < 4.78 is 0. The lowest BCUT2D eigenvalue weighted by atomic mass is 10.1. The van der Waals surface area contributed by atoms with Gasteiger partial charge in [0.2, 0.25) is 5.91 Å². The molecule has 1 unspecified atom stereocenters. The minimum Gasteiger partial charge on any atom is -0.386 e. The summed E-state index contributed by atoms with van der Waals surface area (Å²) in [6.07, 6.45) is 4.60. The quantitative estimate of drug-likeness (QED) is 0.839. The molecule has 0 saturated carbocycles. The second-order valence-electron chi connectivity index (χ2n) is 4.54. The average molecular weight is 300 g/mol. The van der Waals surface area contributed by atoms with Crippen molar-refractivity contribution in [2.24, 2.45) is 5.92 Å². The first kappa shape index (κ1) is 14.4. The van der Waals surface area contributed by atoms with Gasteiger partial charge in [-0.1, -0.05) is 41.4 Å². The number of amides is 1. The zero-order valence-corrected chi connectivity index (χ0v) is 11.8. The maximum absolute atomic E-state index is 11.8. The predicted octanol–water partition coefficient (Wildman–Crippen LogP) is 3.11. The molecule has 1 atom stereocenters. The number of hydrogen-bond donors (Lipinski definition) is 2. The topological polar surface area (TPSA) is 49.3 Å². The molecule has 5 heteroatoms. The number of halogens is 2. The third-order valence-electron chi connectivity index (χ3n) is 3.18. The maximum Gasteiger partial charge on any atom is 0.223 e. The van der Waals surface area contributed by atoms with Crippen LogP contribution in [0, 0.1) is 5.92 Å². The molecule has 0 aromatic heterocycles. The number of carbonyl (C=O) groups excluding carboxylic acids is 1. The van der Waals surface area contributed by atoms with Gasteiger partial charge in [-0.25, -0.2) is 0 Å². The summed E-state index contributed by atoms with van der Waals surface area (Å²) in [5.74, 6) is -0.0684. The van der Waals surface area contributed by atoms with E-state index in [1.807, 2.05) is 12.2 Å². The van der Waals surface area contributed by atoms with Gasteiger partial charge >= 0.3 is 0 Å². The molecule has 0 heterocycles. The highest BCUT2D eigenvalue weighted by molar-refractivity contribution is 6.36. The van der Waals surface area contributed by atoms with Gasteiger partial charge in [0, 0.05) is 28.1 Å². The molecule has 1 aromatic carbocycles. The third-order valence-corrected chi connectivity index (χ3v) is 3.84. The highest BCUT2D eigenvalue weighted by atomic mass is 35.5. The molecule has 0 fully saturated rings. The van der Waals surface area contributed by atoms with Crippen LogP contribution in [0.5, 0.6) is 0 Å². The Morgan fingerprint density at radius 1 is 1.32 bits per heavy atom. The summed E-state index contributed by atoms with van der Waals surface area (Å²) in [6, 6.07) is 5.03. The minimum absolute atomic E-state index is 0.0195. The zero-order valence-electron chi connectivity index (χ0n) is 10.3. The number of allylic oxidation sites excluding steroid dienone is 2. The SMILES string of the molecule is O=C(NCC(O)c1c(Cl)cccc1Cl)C1CC=CC1. The molecule has 0 radical (unpaired) electrons. The van der Waals surface area contributed by atoms with E-state index in [1.54, 1.807) is 18.2 Å². The maximum atomic E-state index is 11.8. The van der Waals surface area contributed by atoms with Crippen LogP contribution >= 0.6 is 23.2 Å². The molecule has 1 aliphatic rings. The lowest BCUT2D eigenvalue weighted by molar-refractivity contribution is -0.125. The predicted molar refractivity (Wildman–Crippen MR) is 76.3 cm³/mol. The van der Waals surface area contributed by atoms with Gasteiger partial charge in [-0.2, -0.15) is 0 Å². The van der Waals surface area contributed by atoms with Crippen molar-refractivity contribution < 1.29 is 9.90 Å². The van der Waals surface area contributed by atoms with Crippen LogP contribution in [-0.4, -0.2) is 17.6 Å². The van der Waals surface area contributed by atoms with E-state index in [2.05, 4.69) is 5.32 Å². The third kappa shape index (κ3) is 3.50. The molecule has 0 spiro atoms. The number of aliphatic hydroxyl groups excluding tert-OH is 1. The van der Waals surface area contributed by atoms with E-state index in [0.717, 1.165) is 12.8 Å². The molecular weight excluding hydrogens is 285 g/mol. The fourth-order valence-electron chi connectivity index (χ4n) is 2.10. The Bertz CT molecular complexity index is 474. The molecule has 19 heavy (non-hydrogen) atoms. The van der Waals surface area contributed by atoms with E-state index in [9.17, 15) is 9.90 Å². The van der Waals surface area contributed by atoms with Crippen molar-refractivity contribution in [1.82, 2.24) is 5.32 Å². The van der Waals surface area contributed by atoms with Crippen molar-refractivity contribution in [3.63, 3.8) is 0 Å². The molecule has 2 rings (SSSR count). The molecule has 1 aromatic rings. The second-order valence-corrected chi connectivity index (χ2v) is 5.35. The molecule has 2 N–H and O–H groups in total. The van der Waals surface area contributed by atoms with E-state index in [0.29, 0.717) is 15.6 Å². The molecule has 0 saturated heterocycles. The van der Waals surface area contributed by atoms with E-state index in [4.69, 9.17) is 23.2 Å². The number of hydrogen-bond acceptors (Lipinski definition) is 2. The normalized spacial score (nSPS) is 16.6.